The first kappa shape index (κ1) is 16.3. The second-order valence-corrected chi connectivity index (χ2v) is 7.41. The van der Waals surface area contributed by atoms with E-state index in [9.17, 15) is 0 Å². The Labute approximate surface area is 126 Å². The van der Waals surface area contributed by atoms with Crippen molar-refractivity contribution in [3.05, 3.63) is 0 Å². The third kappa shape index (κ3) is 4.46. The highest BCUT2D eigenvalue weighted by molar-refractivity contribution is 4.95. The van der Waals surface area contributed by atoms with Crippen LogP contribution >= 0.6 is 0 Å². The molecule has 0 bridgehead atoms. The van der Waals surface area contributed by atoms with Crippen LogP contribution in [0.1, 0.15) is 66.2 Å². The zero-order valence-corrected chi connectivity index (χ0v) is 14.0. The van der Waals surface area contributed by atoms with Gasteiger partial charge >= 0.3 is 0 Å². The summed E-state index contributed by atoms with van der Waals surface area (Å²) in [6.45, 7) is 11.3. The molecule has 2 aliphatic rings. The summed E-state index contributed by atoms with van der Waals surface area (Å²) in [5.74, 6) is 3.42. The van der Waals surface area contributed by atoms with Crippen LogP contribution in [0.25, 0.3) is 0 Å². The lowest BCUT2D eigenvalue weighted by Crippen LogP contribution is -2.50. The van der Waals surface area contributed by atoms with Crippen molar-refractivity contribution < 1.29 is 4.74 Å². The molecular formula is C18H35NO. The Bertz CT molecular complexity index is 267. The summed E-state index contributed by atoms with van der Waals surface area (Å²) in [5, 5.41) is 3.86. The molecule has 118 valence electrons. The summed E-state index contributed by atoms with van der Waals surface area (Å²) in [5.41, 5.74) is 0. The van der Waals surface area contributed by atoms with Crippen molar-refractivity contribution in [3.8, 4) is 0 Å². The molecule has 0 aromatic carbocycles. The molecular weight excluding hydrogens is 246 g/mol. The van der Waals surface area contributed by atoms with Gasteiger partial charge in [-0.3, -0.25) is 0 Å². The quantitative estimate of drug-likeness (QED) is 0.718. The highest BCUT2D eigenvalue weighted by atomic mass is 16.5. The van der Waals surface area contributed by atoms with Crippen LogP contribution < -0.4 is 5.32 Å². The molecule has 0 saturated heterocycles. The molecule has 2 saturated carbocycles. The van der Waals surface area contributed by atoms with Gasteiger partial charge in [-0.25, -0.2) is 0 Å². The summed E-state index contributed by atoms with van der Waals surface area (Å²) >= 11 is 0. The van der Waals surface area contributed by atoms with Crippen LogP contribution in [0.4, 0.5) is 0 Å². The molecule has 0 heterocycles. The van der Waals surface area contributed by atoms with E-state index in [1.54, 1.807) is 0 Å². The van der Waals surface area contributed by atoms with Crippen LogP contribution in [0.15, 0.2) is 0 Å². The summed E-state index contributed by atoms with van der Waals surface area (Å²) < 4.78 is 6.19. The normalized spacial score (nSPS) is 33.9. The minimum absolute atomic E-state index is 0.467. The molecule has 0 radical (unpaired) electrons. The molecule has 1 N–H and O–H groups in total. The van der Waals surface area contributed by atoms with Gasteiger partial charge in [0.15, 0.2) is 0 Å². The van der Waals surface area contributed by atoms with Crippen molar-refractivity contribution in [1.82, 2.24) is 5.32 Å². The Kier molecular flexibility index (Phi) is 6.35. The first-order chi connectivity index (χ1) is 9.65. The van der Waals surface area contributed by atoms with Crippen LogP contribution in [0, 0.1) is 23.7 Å². The second kappa shape index (κ2) is 7.79. The van der Waals surface area contributed by atoms with Gasteiger partial charge < -0.3 is 10.1 Å². The summed E-state index contributed by atoms with van der Waals surface area (Å²) in [7, 11) is 0. The Balaban J connectivity index is 2.03. The monoisotopic (exact) mass is 281 g/mol. The Morgan fingerprint density at radius 3 is 2.15 bits per heavy atom. The molecule has 0 aromatic heterocycles. The molecule has 20 heavy (non-hydrogen) atoms. The molecule has 2 heteroatoms. The molecule has 0 aromatic rings. The topological polar surface area (TPSA) is 21.3 Å². The largest absolute Gasteiger partial charge is 0.377 e. The van der Waals surface area contributed by atoms with E-state index in [0.29, 0.717) is 12.1 Å². The van der Waals surface area contributed by atoms with Gasteiger partial charge in [-0.05, 0) is 75.7 Å². The van der Waals surface area contributed by atoms with Crippen molar-refractivity contribution >= 4 is 0 Å². The maximum absolute atomic E-state index is 6.19. The maximum atomic E-state index is 6.19. The van der Waals surface area contributed by atoms with Gasteiger partial charge in [0.05, 0.1) is 6.10 Å². The number of hydrogen-bond acceptors (Lipinski definition) is 2. The van der Waals surface area contributed by atoms with Gasteiger partial charge in [-0.1, -0.05) is 20.8 Å². The van der Waals surface area contributed by atoms with Crippen LogP contribution in [0.5, 0.6) is 0 Å². The van der Waals surface area contributed by atoms with E-state index < -0.39 is 0 Å². The van der Waals surface area contributed by atoms with Crippen LogP contribution in [0.3, 0.4) is 0 Å². The SMILES string of the molecule is CCCNC(C1CC(C)CC(C)C1)C(OCC)C1CC1. The molecule has 0 spiro atoms. The van der Waals surface area contributed by atoms with Crippen molar-refractivity contribution in [3.63, 3.8) is 0 Å². The Hall–Kier alpha value is -0.0800. The first-order valence-electron chi connectivity index (χ1n) is 9.00. The zero-order chi connectivity index (χ0) is 14.5. The average molecular weight is 281 g/mol. The van der Waals surface area contributed by atoms with Gasteiger partial charge in [0.2, 0.25) is 0 Å². The molecule has 0 aliphatic heterocycles. The van der Waals surface area contributed by atoms with Crippen molar-refractivity contribution in [2.75, 3.05) is 13.2 Å². The average Bonchev–Trinajstić information content (AvgIpc) is 3.21. The summed E-state index contributed by atoms with van der Waals surface area (Å²) in [4.78, 5) is 0. The van der Waals surface area contributed by atoms with E-state index in [1.807, 2.05) is 0 Å². The number of rotatable bonds is 8. The molecule has 2 fully saturated rings. The minimum Gasteiger partial charge on any atom is -0.377 e. The van der Waals surface area contributed by atoms with E-state index in [4.69, 9.17) is 4.74 Å². The van der Waals surface area contributed by atoms with Crippen LogP contribution in [0.2, 0.25) is 0 Å². The molecule has 0 amide bonds. The molecule has 2 rings (SSSR count). The van der Waals surface area contributed by atoms with E-state index in [-0.39, 0.29) is 0 Å². The number of ether oxygens (including phenoxy) is 1. The molecule has 4 atom stereocenters. The third-order valence-corrected chi connectivity index (χ3v) is 5.15. The van der Waals surface area contributed by atoms with E-state index in [0.717, 1.165) is 36.8 Å². The van der Waals surface area contributed by atoms with E-state index >= 15 is 0 Å². The van der Waals surface area contributed by atoms with Crippen molar-refractivity contribution in [2.24, 2.45) is 23.7 Å². The van der Waals surface area contributed by atoms with E-state index in [2.05, 4.69) is 33.0 Å². The van der Waals surface area contributed by atoms with Gasteiger partial charge in [0.25, 0.3) is 0 Å². The fourth-order valence-electron chi connectivity index (χ4n) is 4.31. The predicted molar refractivity (Wildman–Crippen MR) is 85.9 cm³/mol. The molecule has 4 unspecified atom stereocenters. The lowest BCUT2D eigenvalue weighted by atomic mass is 9.72. The highest BCUT2D eigenvalue weighted by Crippen LogP contribution is 2.42. The van der Waals surface area contributed by atoms with Crippen molar-refractivity contribution in [1.29, 1.82) is 0 Å². The second-order valence-electron chi connectivity index (χ2n) is 7.41. The number of hydrogen-bond donors (Lipinski definition) is 1. The van der Waals surface area contributed by atoms with Gasteiger partial charge in [-0.2, -0.15) is 0 Å². The lowest BCUT2D eigenvalue weighted by Gasteiger charge is -2.40. The minimum atomic E-state index is 0.467. The van der Waals surface area contributed by atoms with Crippen LogP contribution in [-0.2, 0) is 4.74 Å². The Morgan fingerprint density at radius 1 is 1.00 bits per heavy atom. The maximum Gasteiger partial charge on any atom is 0.0758 e. The van der Waals surface area contributed by atoms with E-state index in [1.165, 1.54) is 38.5 Å². The lowest BCUT2D eigenvalue weighted by molar-refractivity contribution is -0.00942. The fraction of sp³-hybridized carbons (Fsp3) is 1.00. The fourth-order valence-corrected chi connectivity index (χ4v) is 4.31. The summed E-state index contributed by atoms with van der Waals surface area (Å²) in [6.07, 6.45) is 8.65. The van der Waals surface area contributed by atoms with Crippen molar-refractivity contribution in [2.45, 2.75) is 78.4 Å². The van der Waals surface area contributed by atoms with Crippen LogP contribution in [-0.4, -0.2) is 25.3 Å². The van der Waals surface area contributed by atoms with Gasteiger partial charge in [-0.15, -0.1) is 0 Å². The third-order valence-electron chi connectivity index (χ3n) is 5.15. The molecule has 2 aliphatic carbocycles. The Morgan fingerprint density at radius 2 is 1.65 bits per heavy atom. The molecule has 2 nitrogen and oxygen atoms in total. The number of nitrogens with one attached hydrogen (secondary N) is 1. The smallest absolute Gasteiger partial charge is 0.0758 e. The first-order valence-corrected chi connectivity index (χ1v) is 9.00. The summed E-state index contributed by atoms with van der Waals surface area (Å²) in [6, 6.07) is 0.590. The van der Waals surface area contributed by atoms with Gasteiger partial charge in [0, 0.05) is 12.6 Å². The van der Waals surface area contributed by atoms with Gasteiger partial charge in [0.1, 0.15) is 0 Å². The predicted octanol–water partition coefficient (Wildman–Crippen LogP) is 4.24. The highest BCUT2D eigenvalue weighted by Gasteiger charge is 2.41. The standard InChI is InChI=1S/C18H35NO/c1-5-9-19-17(18(20-6-2)15-7-8-15)16-11-13(3)10-14(4)12-16/h13-19H,5-12H2,1-4H3. The zero-order valence-electron chi connectivity index (χ0n) is 14.0.